The van der Waals surface area contributed by atoms with Gasteiger partial charge in [0.05, 0.1) is 19.3 Å². The van der Waals surface area contributed by atoms with Crippen molar-refractivity contribution >= 4 is 5.96 Å². The van der Waals surface area contributed by atoms with Crippen LogP contribution in [0.1, 0.15) is 44.9 Å². The van der Waals surface area contributed by atoms with E-state index in [0.717, 1.165) is 58.4 Å². The Balaban J connectivity index is 1.17. The molecule has 4 atom stereocenters. The van der Waals surface area contributed by atoms with Crippen LogP contribution in [0.5, 0.6) is 0 Å². The minimum Gasteiger partial charge on any atom is -0.381 e. The van der Waals surface area contributed by atoms with E-state index in [4.69, 9.17) is 14.2 Å². The number of hydrogen-bond acceptors (Lipinski definition) is 4. The van der Waals surface area contributed by atoms with E-state index >= 15 is 0 Å². The van der Waals surface area contributed by atoms with Crippen LogP contribution >= 0.6 is 0 Å². The largest absolute Gasteiger partial charge is 0.381 e. The molecule has 148 valence electrons. The Labute approximate surface area is 157 Å². The molecule has 2 saturated carbocycles. The highest BCUT2D eigenvalue weighted by Gasteiger charge is 2.65. The lowest BCUT2D eigenvalue weighted by molar-refractivity contribution is -0.125. The number of rotatable bonds is 7. The summed E-state index contributed by atoms with van der Waals surface area (Å²) in [6.45, 7) is 5.22. The fraction of sp³-hybridized carbons (Fsp3) is 0.950. The van der Waals surface area contributed by atoms with Gasteiger partial charge in [0.2, 0.25) is 0 Å². The maximum absolute atomic E-state index is 6.08. The van der Waals surface area contributed by atoms with E-state index < -0.39 is 0 Å². The second kappa shape index (κ2) is 8.44. The Kier molecular flexibility index (Phi) is 6.01. The van der Waals surface area contributed by atoms with Crippen molar-refractivity contribution in [2.45, 2.75) is 57.1 Å². The third-order valence-electron chi connectivity index (χ3n) is 6.94. The minimum absolute atomic E-state index is 0.366. The van der Waals surface area contributed by atoms with Crippen molar-refractivity contribution in [3.05, 3.63) is 0 Å². The topological polar surface area (TPSA) is 64.1 Å². The molecule has 2 heterocycles. The van der Waals surface area contributed by atoms with Crippen molar-refractivity contribution in [1.29, 1.82) is 0 Å². The van der Waals surface area contributed by atoms with Gasteiger partial charge in [0.15, 0.2) is 5.96 Å². The van der Waals surface area contributed by atoms with Crippen molar-refractivity contribution < 1.29 is 14.2 Å². The number of nitrogens with zero attached hydrogens (tertiary/aromatic N) is 1. The van der Waals surface area contributed by atoms with Crippen molar-refractivity contribution in [1.82, 2.24) is 10.6 Å². The summed E-state index contributed by atoms with van der Waals surface area (Å²) in [7, 11) is 1.87. The molecular formula is C20H35N3O3. The van der Waals surface area contributed by atoms with E-state index in [1.54, 1.807) is 0 Å². The van der Waals surface area contributed by atoms with E-state index in [0.29, 0.717) is 29.4 Å². The predicted molar refractivity (Wildman–Crippen MR) is 101 cm³/mol. The third-order valence-corrected chi connectivity index (χ3v) is 6.94. The van der Waals surface area contributed by atoms with Crippen LogP contribution in [-0.4, -0.2) is 64.7 Å². The summed E-state index contributed by atoms with van der Waals surface area (Å²) in [5.41, 5.74) is 0.366. The van der Waals surface area contributed by atoms with E-state index in [-0.39, 0.29) is 0 Å². The Hall–Kier alpha value is -0.850. The lowest BCUT2D eigenvalue weighted by Crippen LogP contribution is -2.69. The Morgan fingerprint density at radius 2 is 2.12 bits per heavy atom. The van der Waals surface area contributed by atoms with Crippen LogP contribution in [0.25, 0.3) is 0 Å². The Morgan fingerprint density at radius 1 is 1.23 bits per heavy atom. The summed E-state index contributed by atoms with van der Waals surface area (Å²) in [6, 6.07) is 0.530. The van der Waals surface area contributed by atoms with Gasteiger partial charge in [-0.15, -0.1) is 0 Å². The molecule has 6 heteroatoms. The quantitative estimate of drug-likeness (QED) is 0.410. The molecule has 4 aliphatic rings. The molecule has 0 aromatic rings. The van der Waals surface area contributed by atoms with E-state index in [2.05, 4.69) is 15.6 Å². The van der Waals surface area contributed by atoms with Gasteiger partial charge in [-0.3, -0.25) is 4.99 Å². The van der Waals surface area contributed by atoms with Crippen molar-refractivity contribution in [3.8, 4) is 0 Å². The summed E-state index contributed by atoms with van der Waals surface area (Å²) in [4.78, 5) is 4.46. The highest BCUT2D eigenvalue weighted by molar-refractivity contribution is 5.80. The lowest BCUT2D eigenvalue weighted by atomic mass is 9.54. The molecule has 26 heavy (non-hydrogen) atoms. The van der Waals surface area contributed by atoms with Crippen LogP contribution in [0.3, 0.4) is 0 Å². The van der Waals surface area contributed by atoms with Gasteiger partial charge in [0.1, 0.15) is 0 Å². The first-order valence-corrected chi connectivity index (χ1v) is 10.6. The molecular weight excluding hydrogens is 330 g/mol. The number of hydrogen-bond donors (Lipinski definition) is 2. The minimum atomic E-state index is 0.366. The standard InChI is InChI=1S/C20H35N3O3/c1-21-19(22-9-4-10-24-13-15-5-11-25-14-15)23-17-16-6-12-26-18(16)20(17)7-2-3-8-20/h15-18H,2-14H2,1H3,(H2,21,22,23). The SMILES string of the molecule is CN=C(NCCCOCC1CCOC1)NC1C2CCOC2C12CCCC2. The van der Waals surface area contributed by atoms with Crippen LogP contribution in [0, 0.1) is 17.3 Å². The molecule has 2 saturated heterocycles. The Morgan fingerprint density at radius 3 is 2.88 bits per heavy atom. The first-order chi connectivity index (χ1) is 12.8. The van der Waals surface area contributed by atoms with E-state index in [9.17, 15) is 0 Å². The number of fused-ring (bicyclic) bond motifs is 2. The summed E-state index contributed by atoms with van der Waals surface area (Å²) < 4.78 is 17.2. The first-order valence-electron chi connectivity index (χ1n) is 10.6. The second-order valence-corrected chi connectivity index (χ2v) is 8.46. The van der Waals surface area contributed by atoms with Crippen LogP contribution in [-0.2, 0) is 14.2 Å². The number of nitrogens with one attached hydrogen (secondary N) is 2. The van der Waals surface area contributed by atoms with Gasteiger partial charge >= 0.3 is 0 Å². The molecule has 0 amide bonds. The van der Waals surface area contributed by atoms with E-state index in [1.807, 2.05) is 7.05 Å². The van der Waals surface area contributed by atoms with Gasteiger partial charge in [0, 0.05) is 56.7 Å². The zero-order valence-electron chi connectivity index (χ0n) is 16.2. The maximum atomic E-state index is 6.08. The molecule has 2 aliphatic carbocycles. The molecule has 4 rings (SSSR count). The fourth-order valence-corrected chi connectivity index (χ4v) is 5.59. The van der Waals surface area contributed by atoms with Gasteiger partial charge in [0.25, 0.3) is 0 Å². The van der Waals surface area contributed by atoms with Crippen molar-refractivity contribution in [2.24, 2.45) is 22.2 Å². The number of ether oxygens (including phenoxy) is 3. The summed E-state index contributed by atoms with van der Waals surface area (Å²) >= 11 is 0. The van der Waals surface area contributed by atoms with Gasteiger partial charge in [-0.2, -0.15) is 0 Å². The molecule has 4 unspecified atom stereocenters. The van der Waals surface area contributed by atoms with Crippen molar-refractivity contribution in [2.75, 3.05) is 46.6 Å². The average Bonchev–Trinajstić information content (AvgIpc) is 3.40. The highest BCUT2D eigenvalue weighted by Crippen LogP contribution is 2.60. The molecule has 2 aliphatic heterocycles. The zero-order chi connectivity index (χ0) is 17.8. The zero-order valence-corrected chi connectivity index (χ0v) is 16.2. The summed E-state index contributed by atoms with van der Waals surface area (Å²) in [5, 5.41) is 7.22. The number of aliphatic imine (C=N–C) groups is 1. The predicted octanol–water partition coefficient (Wildman–Crippen LogP) is 1.94. The molecule has 0 bridgehead atoms. The van der Waals surface area contributed by atoms with Crippen LogP contribution in [0.15, 0.2) is 4.99 Å². The molecule has 4 fully saturated rings. The second-order valence-electron chi connectivity index (χ2n) is 8.46. The van der Waals surface area contributed by atoms with Gasteiger partial charge in [-0.25, -0.2) is 0 Å². The van der Waals surface area contributed by atoms with Crippen LogP contribution < -0.4 is 10.6 Å². The summed E-state index contributed by atoms with van der Waals surface area (Å²) in [5.74, 6) is 2.21. The maximum Gasteiger partial charge on any atom is 0.191 e. The molecule has 2 N–H and O–H groups in total. The summed E-state index contributed by atoms with van der Waals surface area (Å²) in [6.07, 6.45) is 9.14. The lowest BCUT2D eigenvalue weighted by Gasteiger charge is -2.57. The monoisotopic (exact) mass is 365 g/mol. The Bertz CT molecular complexity index is 487. The van der Waals surface area contributed by atoms with Crippen LogP contribution in [0.4, 0.5) is 0 Å². The average molecular weight is 366 g/mol. The van der Waals surface area contributed by atoms with Gasteiger partial charge in [-0.05, 0) is 32.1 Å². The molecule has 0 aromatic heterocycles. The normalized spacial score (nSPS) is 35.5. The third kappa shape index (κ3) is 3.60. The first kappa shape index (κ1) is 18.5. The van der Waals surface area contributed by atoms with E-state index in [1.165, 1.54) is 32.1 Å². The molecule has 1 spiro atoms. The molecule has 6 nitrogen and oxygen atoms in total. The fourth-order valence-electron chi connectivity index (χ4n) is 5.59. The van der Waals surface area contributed by atoms with Gasteiger partial charge in [-0.1, -0.05) is 12.8 Å². The van der Waals surface area contributed by atoms with Crippen LogP contribution in [0.2, 0.25) is 0 Å². The highest BCUT2D eigenvalue weighted by atomic mass is 16.5. The van der Waals surface area contributed by atoms with Crippen molar-refractivity contribution in [3.63, 3.8) is 0 Å². The number of guanidine groups is 1. The molecule has 0 radical (unpaired) electrons. The van der Waals surface area contributed by atoms with Gasteiger partial charge < -0.3 is 24.8 Å². The molecule has 0 aromatic carbocycles. The smallest absolute Gasteiger partial charge is 0.191 e.